The number of urea groups is 1. The highest BCUT2D eigenvalue weighted by atomic mass is 79.9. The van der Waals surface area contributed by atoms with Crippen LogP contribution in [0.3, 0.4) is 0 Å². The Morgan fingerprint density at radius 1 is 1.43 bits per heavy atom. The fraction of sp³-hybridized carbons (Fsp3) is 0.562. The SMILES string of the molecule is COc1ccc(C(C)NC(=O)N(C)C(C)C2CC2)cc1Br. The van der Waals surface area contributed by atoms with Crippen LogP contribution in [0.4, 0.5) is 4.79 Å². The summed E-state index contributed by atoms with van der Waals surface area (Å²) in [5.74, 6) is 1.46. The van der Waals surface area contributed by atoms with Crippen LogP contribution < -0.4 is 10.1 Å². The highest BCUT2D eigenvalue weighted by molar-refractivity contribution is 9.10. The molecule has 1 fully saturated rings. The van der Waals surface area contributed by atoms with Crippen LogP contribution in [0.15, 0.2) is 22.7 Å². The standard InChI is InChI=1S/C16H23BrN2O2/c1-10(13-7-8-15(21-4)14(17)9-13)18-16(20)19(3)11(2)12-5-6-12/h7-12H,5-6H2,1-4H3,(H,18,20). The van der Waals surface area contributed by atoms with Crippen LogP contribution in [0.5, 0.6) is 5.75 Å². The summed E-state index contributed by atoms with van der Waals surface area (Å²) in [5, 5.41) is 3.05. The van der Waals surface area contributed by atoms with E-state index in [0.717, 1.165) is 15.8 Å². The van der Waals surface area contributed by atoms with Crippen LogP contribution in [0, 0.1) is 5.92 Å². The number of halogens is 1. The minimum atomic E-state index is -0.0476. The minimum absolute atomic E-state index is 0.0196. The van der Waals surface area contributed by atoms with E-state index < -0.39 is 0 Å². The number of hydrogen-bond acceptors (Lipinski definition) is 2. The van der Waals surface area contributed by atoms with Gasteiger partial charge in [-0.2, -0.15) is 0 Å². The molecule has 1 aromatic carbocycles. The first-order valence-corrected chi connectivity index (χ1v) is 8.10. The van der Waals surface area contributed by atoms with Crippen molar-refractivity contribution in [1.82, 2.24) is 10.2 Å². The van der Waals surface area contributed by atoms with E-state index in [9.17, 15) is 4.79 Å². The van der Waals surface area contributed by atoms with Gasteiger partial charge in [-0.3, -0.25) is 0 Å². The average molecular weight is 355 g/mol. The van der Waals surface area contributed by atoms with Gasteiger partial charge in [0.2, 0.25) is 0 Å². The smallest absolute Gasteiger partial charge is 0.317 e. The van der Waals surface area contributed by atoms with Gasteiger partial charge in [0.15, 0.2) is 0 Å². The largest absolute Gasteiger partial charge is 0.496 e. The molecular weight excluding hydrogens is 332 g/mol. The third kappa shape index (κ3) is 3.90. The number of hydrogen-bond donors (Lipinski definition) is 1. The topological polar surface area (TPSA) is 41.6 Å². The fourth-order valence-electron chi connectivity index (χ4n) is 2.40. The Hall–Kier alpha value is -1.23. The third-order valence-electron chi connectivity index (χ3n) is 4.25. The summed E-state index contributed by atoms with van der Waals surface area (Å²) in [6, 6.07) is 6.09. The van der Waals surface area contributed by atoms with E-state index >= 15 is 0 Å². The first-order valence-electron chi connectivity index (χ1n) is 7.30. The van der Waals surface area contributed by atoms with Crippen molar-refractivity contribution in [2.45, 2.75) is 38.8 Å². The second kappa shape index (κ2) is 6.69. The Balaban J connectivity index is 1.98. The Bertz CT molecular complexity index is 517. The Kier molecular flexibility index (Phi) is 5.14. The normalized spacial score (nSPS) is 17.0. The molecule has 1 aliphatic carbocycles. The molecule has 1 N–H and O–H groups in total. The van der Waals surface area contributed by atoms with Crippen molar-refractivity contribution >= 4 is 22.0 Å². The summed E-state index contributed by atoms with van der Waals surface area (Å²) in [4.78, 5) is 14.1. The van der Waals surface area contributed by atoms with Gasteiger partial charge in [0.05, 0.1) is 17.6 Å². The van der Waals surface area contributed by atoms with Crippen LogP contribution in [-0.2, 0) is 0 Å². The molecule has 4 nitrogen and oxygen atoms in total. The van der Waals surface area contributed by atoms with Gasteiger partial charge in [0.25, 0.3) is 0 Å². The van der Waals surface area contributed by atoms with Gasteiger partial charge in [-0.25, -0.2) is 4.79 Å². The minimum Gasteiger partial charge on any atom is -0.496 e. The van der Waals surface area contributed by atoms with Crippen molar-refractivity contribution in [2.75, 3.05) is 14.2 Å². The van der Waals surface area contributed by atoms with Crippen LogP contribution >= 0.6 is 15.9 Å². The zero-order valence-electron chi connectivity index (χ0n) is 13.0. The van der Waals surface area contributed by atoms with Gasteiger partial charge in [-0.15, -0.1) is 0 Å². The molecule has 0 saturated heterocycles. The lowest BCUT2D eigenvalue weighted by molar-refractivity contribution is 0.185. The van der Waals surface area contributed by atoms with Gasteiger partial charge >= 0.3 is 6.03 Å². The maximum absolute atomic E-state index is 12.3. The van der Waals surface area contributed by atoms with Gasteiger partial charge in [-0.1, -0.05) is 6.07 Å². The molecule has 0 radical (unpaired) electrons. The van der Waals surface area contributed by atoms with Crippen molar-refractivity contribution < 1.29 is 9.53 Å². The lowest BCUT2D eigenvalue weighted by Crippen LogP contribution is -2.44. The number of carbonyl (C=O) groups is 1. The van der Waals surface area contributed by atoms with Crippen molar-refractivity contribution in [3.8, 4) is 5.75 Å². The number of carbonyl (C=O) groups excluding carboxylic acids is 1. The van der Waals surface area contributed by atoms with Crippen LogP contribution in [-0.4, -0.2) is 31.1 Å². The molecular formula is C16H23BrN2O2. The molecule has 2 unspecified atom stereocenters. The van der Waals surface area contributed by atoms with E-state index in [-0.39, 0.29) is 12.1 Å². The number of nitrogens with one attached hydrogen (secondary N) is 1. The number of nitrogens with zero attached hydrogens (tertiary/aromatic N) is 1. The predicted molar refractivity (Wildman–Crippen MR) is 87.6 cm³/mol. The molecule has 2 atom stereocenters. The molecule has 0 bridgehead atoms. The van der Waals surface area contributed by atoms with Gasteiger partial charge in [0, 0.05) is 13.1 Å². The molecule has 116 valence electrons. The fourth-order valence-corrected chi connectivity index (χ4v) is 2.96. The average Bonchev–Trinajstić information content (AvgIpc) is 3.30. The Labute approximate surface area is 135 Å². The summed E-state index contributed by atoms with van der Waals surface area (Å²) in [5.41, 5.74) is 1.04. The summed E-state index contributed by atoms with van der Waals surface area (Å²) in [7, 11) is 3.51. The summed E-state index contributed by atoms with van der Waals surface area (Å²) >= 11 is 3.47. The highest BCUT2D eigenvalue weighted by Gasteiger charge is 2.32. The molecule has 2 amide bonds. The van der Waals surface area contributed by atoms with Crippen LogP contribution in [0.25, 0.3) is 0 Å². The summed E-state index contributed by atoms with van der Waals surface area (Å²) in [6.45, 7) is 4.10. The first kappa shape index (κ1) is 16.1. The summed E-state index contributed by atoms with van der Waals surface area (Å²) in [6.07, 6.45) is 2.47. The number of ether oxygens (including phenoxy) is 1. The van der Waals surface area contributed by atoms with Crippen LogP contribution in [0.2, 0.25) is 0 Å². The number of amides is 2. The molecule has 21 heavy (non-hydrogen) atoms. The van der Waals surface area contributed by atoms with E-state index in [1.807, 2.05) is 37.1 Å². The first-order chi connectivity index (χ1) is 9.93. The Morgan fingerprint density at radius 2 is 2.10 bits per heavy atom. The van der Waals surface area contributed by atoms with Crippen molar-refractivity contribution in [3.05, 3.63) is 28.2 Å². The molecule has 1 saturated carbocycles. The third-order valence-corrected chi connectivity index (χ3v) is 4.87. The number of benzene rings is 1. The monoisotopic (exact) mass is 354 g/mol. The van der Waals surface area contributed by atoms with Crippen molar-refractivity contribution in [3.63, 3.8) is 0 Å². The molecule has 1 aliphatic rings. The molecule has 0 spiro atoms. The van der Waals surface area contributed by atoms with E-state index in [0.29, 0.717) is 12.0 Å². The molecule has 0 heterocycles. The second-order valence-corrected chi connectivity index (χ2v) is 6.61. The van der Waals surface area contributed by atoms with E-state index in [4.69, 9.17) is 4.74 Å². The number of methoxy groups -OCH3 is 1. The van der Waals surface area contributed by atoms with Gasteiger partial charge < -0.3 is 15.0 Å². The van der Waals surface area contributed by atoms with Crippen molar-refractivity contribution in [2.24, 2.45) is 5.92 Å². The predicted octanol–water partition coefficient (Wildman–Crippen LogP) is 3.96. The molecule has 0 aliphatic heterocycles. The zero-order chi connectivity index (χ0) is 15.6. The summed E-state index contributed by atoms with van der Waals surface area (Å²) < 4.78 is 6.11. The van der Waals surface area contributed by atoms with E-state index in [1.54, 1.807) is 7.11 Å². The molecule has 5 heteroatoms. The highest BCUT2D eigenvalue weighted by Crippen LogP contribution is 2.34. The second-order valence-electron chi connectivity index (χ2n) is 5.75. The van der Waals surface area contributed by atoms with Gasteiger partial charge in [-0.05, 0) is 66.2 Å². The van der Waals surface area contributed by atoms with Crippen molar-refractivity contribution in [1.29, 1.82) is 0 Å². The molecule has 1 aromatic rings. The molecule has 2 rings (SSSR count). The lowest BCUT2D eigenvalue weighted by atomic mass is 10.1. The maximum atomic E-state index is 12.3. The lowest BCUT2D eigenvalue weighted by Gasteiger charge is -2.27. The van der Waals surface area contributed by atoms with Gasteiger partial charge in [0.1, 0.15) is 5.75 Å². The number of rotatable bonds is 5. The van der Waals surface area contributed by atoms with E-state index in [2.05, 4.69) is 28.2 Å². The van der Waals surface area contributed by atoms with Crippen LogP contribution in [0.1, 0.15) is 38.3 Å². The quantitative estimate of drug-likeness (QED) is 0.869. The zero-order valence-corrected chi connectivity index (χ0v) is 14.6. The van der Waals surface area contributed by atoms with E-state index in [1.165, 1.54) is 12.8 Å². The Morgan fingerprint density at radius 3 is 2.62 bits per heavy atom. The molecule has 0 aromatic heterocycles. The maximum Gasteiger partial charge on any atom is 0.317 e.